The highest BCUT2D eigenvalue weighted by Crippen LogP contribution is 2.31. The molecular formula is C34H37FN4O5. The van der Waals surface area contributed by atoms with E-state index in [-0.39, 0.29) is 56.1 Å². The number of carbonyl (C=O) groups excluding carboxylic acids is 4. The Kier molecular flexibility index (Phi) is 9.39. The molecule has 0 unspecified atom stereocenters. The van der Waals surface area contributed by atoms with Crippen molar-refractivity contribution in [3.05, 3.63) is 89.2 Å². The number of amides is 3. The molecule has 3 aromatic rings. The minimum Gasteiger partial charge on any atom is -0.464 e. The average molecular weight is 601 g/mol. The second-order valence-corrected chi connectivity index (χ2v) is 11.8. The van der Waals surface area contributed by atoms with Gasteiger partial charge in [0.05, 0.1) is 13.0 Å². The van der Waals surface area contributed by atoms with Gasteiger partial charge in [-0.1, -0.05) is 42.5 Å². The van der Waals surface area contributed by atoms with E-state index in [1.54, 1.807) is 23.1 Å². The van der Waals surface area contributed by atoms with Crippen molar-refractivity contribution in [1.29, 1.82) is 0 Å². The van der Waals surface area contributed by atoms with Crippen LogP contribution in [0, 0.1) is 5.82 Å². The number of hydrogen-bond donors (Lipinski definition) is 3. The van der Waals surface area contributed by atoms with Crippen LogP contribution in [0.1, 0.15) is 54.6 Å². The number of aryl methyl sites for hydroxylation is 1. The van der Waals surface area contributed by atoms with Gasteiger partial charge in [0.2, 0.25) is 11.8 Å². The Morgan fingerprint density at radius 1 is 0.909 bits per heavy atom. The zero-order valence-electron chi connectivity index (χ0n) is 25.0. The lowest BCUT2D eigenvalue weighted by molar-refractivity contribution is -0.143. The van der Waals surface area contributed by atoms with Gasteiger partial charge in [0.1, 0.15) is 18.5 Å². The van der Waals surface area contributed by atoms with Gasteiger partial charge in [-0.05, 0) is 73.2 Å². The van der Waals surface area contributed by atoms with Crippen LogP contribution in [-0.4, -0.2) is 55.0 Å². The van der Waals surface area contributed by atoms with Crippen molar-refractivity contribution in [2.75, 3.05) is 24.6 Å². The quantitative estimate of drug-likeness (QED) is 0.337. The number of rotatable bonds is 0. The predicted molar refractivity (Wildman–Crippen MR) is 164 cm³/mol. The van der Waals surface area contributed by atoms with Crippen LogP contribution in [0.5, 0.6) is 0 Å². The maximum absolute atomic E-state index is 14.2. The SMILES string of the molecule is CC1(C)CC(=O)N[C@@H]2CCc3cc(F)ccc3N(Cc3ccc(cc3)-c3ccccc3C(=O)NCCC(=O)OCCN1)C2=O. The maximum Gasteiger partial charge on any atom is 0.307 e. The first-order valence-corrected chi connectivity index (χ1v) is 14.9. The van der Waals surface area contributed by atoms with E-state index < -0.39 is 17.6 Å². The Bertz CT molecular complexity index is 1560. The molecule has 3 aliphatic rings. The molecule has 6 rings (SSSR count). The molecule has 44 heavy (non-hydrogen) atoms. The van der Waals surface area contributed by atoms with Crippen molar-refractivity contribution in [3.8, 4) is 11.1 Å². The third-order valence-electron chi connectivity index (χ3n) is 7.90. The first kappa shape index (κ1) is 30.9. The fourth-order valence-electron chi connectivity index (χ4n) is 5.66. The zero-order chi connectivity index (χ0) is 31.3. The van der Waals surface area contributed by atoms with Crippen LogP contribution in [0.25, 0.3) is 11.1 Å². The zero-order valence-corrected chi connectivity index (χ0v) is 25.0. The summed E-state index contributed by atoms with van der Waals surface area (Å²) in [6, 6.07) is 18.4. The van der Waals surface area contributed by atoms with Gasteiger partial charge in [0.25, 0.3) is 5.91 Å². The summed E-state index contributed by atoms with van der Waals surface area (Å²) >= 11 is 0. The molecule has 3 amide bonds. The monoisotopic (exact) mass is 600 g/mol. The lowest BCUT2D eigenvalue weighted by atomic mass is 9.98. The highest BCUT2D eigenvalue weighted by Gasteiger charge is 2.33. The highest BCUT2D eigenvalue weighted by molar-refractivity contribution is 6.01. The van der Waals surface area contributed by atoms with Crippen LogP contribution in [0.4, 0.5) is 10.1 Å². The Labute approximate surface area is 256 Å². The van der Waals surface area contributed by atoms with Gasteiger partial charge in [0, 0.05) is 36.3 Å². The molecule has 3 N–H and O–H groups in total. The van der Waals surface area contributed by atoms with Crippen LogP contribution >= 0.6 is 0 Å². The molecule has 0 radical (unpaired) electrons. The van der Waals surface area contributed by atoms with Crippen LogP contribution in [0.15, 0.2) is 66.7 Å². The summed E-state index contributed by atoms with van der Waals surface area (Å²) in [4.78, 5) is 54.0. The molecule has 3 heterocycles. The second kappa shape index (κ2) is 13.4. The Morgan fingerprint density at radius 2 is 1.66 bits per heavy atom. The molecule has 9 nitrogen and oxygen atoms in total. The molecule has 4 bridgehead atoms. The second-order valence-electron chi connectivity index (χ2n) is 11.8. The third kappa shape index (κ3) is 7.49. The molecule has 0 saturated carbocycles. The smallest absolute Gasteiger partial charge is 0.307 e. The van der Waals surface area contributed by atoms with E-state index >= 15 is 0 Å². The maximum atomic E-state index is 14.2. The molecule has 0 fully saturated rings. The molecular weight excluding hydrogens is 563 g/mol. The number of nitrogens with zero attached hydrogens (tertiary/aromatic N) is 1. The topological polar surface area (TPSA) is 117 Å². The minimum absolute atomic E-state index is 0.0239. The molecule has 0 aliphatic carbocycles. The van der Waals surface area contributed by atoms with E-state index in [2.05, 4.69) is 16.0 Å². The van der Waals surface area contributed by atoms with Crippen molar-refractivity contribution in [1.82, 2.24) is 16.0 Å². The van der Waals surface area contributed by atoms with Gasteiger partial charge in [-0.2, -0.15) is 0 Å². The third-order valence-corrected chi connectivity index (χ3v) is 7.90. The molecule has 10 heteroatoms. The molecule has 3 aromatic carbocycles. The van der Waals surface area contributed by atoms with Crippen molar-refractivity contribution in [3.63, 3.8) is 0 Å². The van der Waals surface area contributed by atoms with E-state index in [0.717, 1.165) is 16.7 Å². The number of nitrogens with one attached hydrogen (secondary N) is 3. The normalized spacial score (nSPS) is 20.0. The Balaban J connectivity index is 1.47. The van der Waals surface area contributed by atoms with Crippen LogP contribution in [0.2, 0.25) is 0 Å². The minimum atomic E-state index is -0.791. The van der Waals surface area contributed by atoms with E-state index in [1.165, 1.54) is 12.1 Å². The van der Waals surface area contributed by atoms with Crippen molar-refractivity contribution >= 4 is 29.4 Å². The summed E-state index contributed by atoms with van der Waals surface area (Å²) in [5.41, 5.74) is 3.49. The molecule has 3 aliphatic heterocycles. The van der Waals surface area contributed by atoms with Crippen LogP contribution in [-0.2, 0) is 32.1 Å². The lowest BCUT2D eigenvalue weighted by Crippen LogP contribution is -2.51. The molecule has 0 spiro atoms. The van der Waals surface area contributed by atoms with Crippen LogP contribution in [0.3, 0.4) is 0 Å². The Morgan fingerprint density at radius 3 is 2.43 bits per heavy atom. The van der Waals surface area contributed by atoms with Crippen molar-refractivity contribution < 1.29 is 28.3 Å². The molecule has 230 valence electrons. The van der Waals surface area contributed by atoms with Crippen LogP contribution < -0.4 is 20.9 Å². The van der Waals surface area contributed by atoms with Gasteiger partial charge < -0.3 is 25.6 Å². The summed E-state index contributed by atoms with van der Waals surface area (Å²) in [7, 11) is 0. The molecule has 1 atom stereocenters. The fourth-order valence-corrected chi connectivity index (χ4v) is 5.66. The summed E-state index contributed by atoms with van der Waals surface area (Å²) in [5, 5.41) is 8.94. The van der Waals surface area contributed by atoms with Gasteiger partial charge in [-0.15, -0.1) is 0 Å². The number of ether oxygens (including phenoxy) is 1. The summed E-state index contributed by atoms with van der Waals surface area (Å²) in [6.07, 6.45) is 0.862. The van der Waals surface area contributed by atoms with E-state index in [1.807, 2.05) is 50.2 Å². The molecule has 0 saturated heterocycles. The highest BCUT2D eigenvalue weighted by atomic mass is 19.1. The number of carbonyl (C=O) groups is 4. The van der Waals surface area contributed by atoms with E-state index in [0.29, 0.717) is 36.2 Å². The van der Waals surface area contributed by atoms with Crippen molar-refractivity contribution in [2.45, 2.75) is 57.7 Å². The lowest BCUT2D eigenvalue weighted by Gasteiger charge is -2.29. The molecule has 0 aromatic heterocycles. The number of esters is 1. The average Bonchev–Trinajstić information content (AvgIpc) is 3.11. The summed E-state index contributed by atoms with van der Waals surface area (Å²) < 4.78 is 19.5. The summed E-state index contributed by atoms with van der Waals surface area (Å²) in [5.74, 6) is -1.70. The van der Waals surface area contributed by atoms with E-state index in [4.69, 9.17) is 4.74 Å². The number of anilines is 1. The Hall–Kier alpha value is -4.57. The number of benzene rings is 3. The first-order chi connectivity index (χ1) is 21.1. The van der Waals surface area contributed by atoms with Gasteiger partial charge in [0.15, 0.2) is 0 Å². The van der Waals surface area contributed by atoms with Gasteiger partial charge in [-0.25, -0.2) is 4.39 Å². The van der Waals surface area contributed by atoms with Crippen molar-refractivity contribution in [2.24, 2.45) is 0 Å². The number of hydrogen-bond acceptors (Lipinski definition) is 6. The van der Waals surface area contributed by atoms with Gasteiger partial charge >= 0.3 is 5.97 Å². The largest absolute Gasteiger partial charge is 0.464 e. The summed E-state index contributed by atoms with van der Waals surface area (Å²) in [6.45, 7) is 4.47. The first-order valence-electron chi connectivity index (χ1n) is 14.9. The predicted octanol–water partition coefficient (Wildman–Crippen LogP) is 3.89. The van der Waals surface area contributed by atoms with Gasteiger partial charge in [-0.3, -0.25) is 19.2 Å². The standard InChI is InChI=1S/C34H37FN4O5/c1-34(2)20-30(40)38-28-13-11-24-19-25(35)12-14-29(24)39(33(28)43)21-22-7-9-23(10-8-22)26-5-3-4-6-27(26)32(42)36-16-15-31(41)44-18-17-37-34/h3-10,12,14,19,28,37H,11,13,15-18,20-21H2,1-2H3,(H,36,42)(H,38,40)/t28-/m1/s1. The number of halogens is 1. The fraction of sp³-hybridized carbons (Fsp3) is 0.353. The number of fused-ring (bicyclic) bond motifs is 15. The van der Waals surface area contributed by atoms with E-state index in [9.17, 15) is 23.6 Å².